The van der Waals surface area contributed by atoms with Gasteiger partial charge in [0.2, 0.25) is 5.13 Å². The van der Waals surface area contributed by atoms with Crippen molar-refractivity contribution >= 4 is 22.4 Å². The maximum Gasteiger partial charge on any atom is 0.250 e. The van der Waals surface area contributed by atoms with Crippen LogP contribution >= 0.6 is 11.3 Å². The Hall–Kier alpha value is -1.76. The second-order valence-corrected chi connectivity index (χ2v) is 4.46. The number of anilines is 1. The van der Waals surface area contributed by atoms with E-state index in [0.29, 0.717) is 5.13 Å². The predicted octanol–water partition coefficient (Wildman–Crippen LogP) is 1.24. The quantitative estimate of drug-likeness (QED) is 0.871. The van der Waals surface area contributed by atoms with Crippen molar-refractivity contribution in [2.24, 2.45) is 0 Å². The number of amides is 1. The standard InChI is InChI=1S/C9H11N5OS/c1-6(14-5-3-4-10-14)8(15)11-9-13-12-7(2)16-9/h3-6H,1-2H3,(H,11,13,15)/t6-/m0/s1. The van der Waals surface area contributed by atoms with Gasteiger partial charge in [-0.05, 0) is 19.9 Å². The van der Waals surface area contributed by atoms with E-state index < -0.39 is 0 Å². The van der Waals surface area contributed by atoms with Gasteiger partial charge in [-0.15, -0.1) is 10.2 Å². The number of carbonyl (C=O) groups is 1. The summed E-state index contributed by atoms with van der Waals surface area (Å²) in [5.74, 6) is -0.153. The molecule has 1 N–H and O–H groups in total. The summed E-state index contributed by atoms with van der Waals surface area (Å²) in [5.41, 5.74) is 0. The van der Waals surface area contributed by atoms with Gasteiger partial charge in [-0.3, -0.25) is 14.8 Å². The van der Waals surface area contributed by atoms with Gasteiger partial charge in [-0.25, -0.2) is 0 Å². The molecule has 0 saturated carbocycles. The molecule has 6 nitrogen and oxygen atoms in total. The summed E-state index contributed by atoms with van der Waals surface area (Å²) in [6.45, 7) is 3.61. The first-order chi connectivity index (χ1) is 7.66. The highest BCUT2D eigenvalue weighted by molar-refractivity contribution is 7.15. The molecular weight excluding hydrogens is 226 g/mol. The smallest absolute Gasteiger partial charge is 0.250 e. The lowest BCUT2D eigenvalue weighted by Gasteiger charge is -2.10. The largest absolute Gasteiger partial charge is 0.299 e. The Kier molecular flexibility index (Phi) is 2.95. The molecule has 0 aliphatic rings. The lowest BCUT2D eigenvalue weighted by molar-refractivity contribution is -0.119. The Balaban J connectivity index is 2.03. The molecule has 16 heavy (non-hydrogen) atoms. The minimum absolute atomic E-state index is 0.153. The molecular formula is C9H11N5OS. The normalized spacial score (nSPS) is 12.4. The summed E-state index contributed by atoms with van der Waals surface area (Å²) < 4.78 is 1.59. The predicted molar refractivity (Wildman–Crippen MR) is 60.2 cm³/mol. The fourth-order valence-corrected chi connectivity index (χ4v) is 1.78. The average Bonchev–Trinajstić information content (AvgIpc) is 2.88. The lowest BCUT2D eigenvalue weighted by Crippen LogP contribution is -2.23. The van der Waals surface area contributed by atoms with Gasteiger partial charge in [0, 0.05) is 12.4 Å². The number of aryl methyl sites for hydroxylation is 1. The molecule has 2 rings (SSSR count). The fraction of sp³-hybridized carbons (Fsp3) is 0.333. The summed E-state index contributed by atoms with van der Waals surface area (Å²) in [4.78, 5) is 11.8. The van der Waals surface area contributed by atoms with E-state index in [1.165, 1.54) is 11.3 Å². The number of carbonyl (C=O) groups excluding carboxylic acids is 1. The molecule has 0 aliphatic carbocycles. The van der Waals surface area contributed by atoms with Crippen LogP contribution in [0.4, 0.5) is 5.13 Å². The first-order valence-corrected chi connectivity index (χ1v) is 5.58. The Labute approximate surface area is 96.3 Å². The van der Waals surface area contributed by atoms with Crippen molar-refractivity contribution in [2.75, 3.05) is 5.32 Å². The van der Waals surface area contributed by atoms with Gasteiger partial charge < -0.3 is 0 Å². The third-order valence-corrected chi connectivity index (χ3v) is 2.81. The van der Waals surface area contributed by atoms with Gasteiger partial charge >= 0.3 is 0 Å². The van der Waals surface area contributed by atoms with Crippen molar-refractivity contribution in [2.45, 2.75) is 19.9 Å². The van der Waals surface area contributed by atoms with Gasteiger partial charge in [-0.2, -0.15) is 5.10 Å². The number of nitrogens with one attached hydrogen (secondary N) is 1. The van der Waals surface area contributed by atoms with Crippen LogP contribution in [0.25, 0.3) is 0 Å². The number of nitrogens with zero attached hydrogens (tertiary/aromatic N) is 4. The molecule has 0 bridgehead atoms. The molecule has 0 spiro atoms. The first kappa shape index (κ1) is 10.7. The van der Waals surface area contributed by atoms with E-state index in [0.717, 1.165) is 5.01 Å². The summed E-state index contributed by atoms with van der Waals surface area (Å²) in [7, 11) is 0. The second-order valence-electron chi connectivity index (χ2n) is 3.28. The molecule has 0 aliphatic heterocycles. The van der Waals surface area contributed by atoms with Crippen LogP contribution in [-0.4, -0.2) is 25.9 Å². The molecule has 0 fully saturated rings. The van der Waals surface area contributed by atoms with E-state index >= 15 is 0 Å². The van der Waals surface area contributed by atoms with Crippen molar-refractivity contribution in [3.63, 3.8) is 0 Å². The van der Waals surface area contributed by atoms with Crippen LogP contribution in [0.2, 0.25) is 0 Å². The van der Waals surface area contributed by atoms with Crippen LogP contribution in [-0.2, 0) is 4.79 Å². The second kappa shape index (κ2) is 4.40. The van der Waals surface area contributed by atoms with Crippen molar-refractivity contribution in [1.82, 2.24) is 20.0 Å². The number of rotatable bonds is 3. The first-order valence-electron chi connectivity index (χ1n) is 4.77. The third kappa shape index (κ3) is 2.25. The van der Waals surface area contributed by atoms with Crippen molar-refractivity contribution < 1.29 is 4.79 Å². The minimum Gasteiger partial charge on any atom is -0.299 e. The number of hydrogen-bond acceptors (Lipinski definition) is 5. The monoisotopic (exact) mass is 237 g/mol. The minimum atomic E-state index is -0.362. The molecule has 84 valence electrons. The van der Waals surface area contributed by atoms with E-state index in [2.05, 4.69) is 20.6 Å². The van der Waals surface area contributed by atoms with Gasteiger partial charge in [0.05, 0.1) is 0 Å². The van der Waals surface area contributed by atoms with Gasteiger partial charge in [0.25, 0.3) is 5.91 Å². The Morgan fingerprint density at radius 2 is 2.38 bits per heavy atom. The zero-order valence-corrected chi connectivity index (χ0v) is 9.73. The van der Waals surface area contributed by atoms with E-state index in [1.54, 1.807) is 30.1 Å². The summed E-state index contributed by atoms with van der Waals surface area (Å²) in [6, 6.07) is 1.41. The topological polar surface area (TPSA) is 72.7 Å². The average molecular weight is 237 g/mol. The van der Waals surface area contributed by atoms with E-state index in [4.69, 9.17) is 0 Å². The van der Waals surface area contributed by atoms with Crippen LogP contribution < -0.4 is 5.32 Å². The van der Waals surface area contributed by atoms with Crippen molar-refractivity contribution in [1.29, 1.82) is 0 Å². The Morgan fingerprint density at radius 1 is 1.56 bits per heavy atom. The van der Waals surface area contributed by atoms with E-state index in [-0.39, 0.29) is 11.9 Å². The molecule has 7 heteroatoms. The zero-order valence-electron chi connectivity index (χ0n) is 8.91. The third-order valence-electron chi connectivity index (χ3n) is 2.06. The molecule has 2 heterocycles. The van der Waals surface area contributed by atoms with Crippen LogP contribution in [0.3, 0.4) is 0 Å². The molecule has 2 aromatic rings. The van der Waals surface area contributed by atoms with E-state index in [9.17, 15) is 4.79 Å². The molecule has 1 atom stereocenters. The highest BCUT2D eigenvalue weighted by atomic mass is 32.1. The highest BCUT2D eigenvalue weighted by Gasteiger charge is 2.16. The Bertz CT molecular complexity index is 478. The number of hydrogen-bond donors (Lipinski definition) is 1. The van der Waals surface area contributed by atoms with Crippen molar-refractivity contribution in [3.05, 3.63) is 23.5 Å². The maximum atomic E-state index is 11.8. The molecule has 0 aromatic carbocycles. The van der Waals surface area contributed by atoms with Crippen LogP contribution in [0.15, 0.2) is 18.5 Å². The molecule has 0 radical (unpaired) electrons. The molecule has 2 aromatic heterocycles. The van der Waals surface area contributed by atoms with Gasteiger partial charge in [0.1, 0.15) is 11.0 Å². The van der Waals surface area contributed by atoms with E-state index in [1.807, 2.05) is 6.92 Å². The summed E-state index contributed by atoms with van der Waals surface area (Å²) in [6.07, 6.45) is 3.38. The summed E-state index contributed by atoms with van der Waals surface area (Å²) in [5, 5.41) is 15.7. The Morgan fingerprint density at radius 3 is 2.94 bits per heavy atom. The van der Waals surface area contributed by atoms with Gasteiger partial charge in [-0.1, -0.05) is 11.3 Å². The zero-order chi connectivity index (χ0) is 11.5. The highest BCUT2D eigenvalue weighted by Crippen LogP contribution is 2.15. The lowest BCUT2D eigenvalue weighted by atomic mass is 10.3. The van der Waals surface area contributed by atoms with Crippen LogP contribution in [0.1, 0.15) is 18.0 Å². The number of aromatic nitrogens is 4. The van der Waals surface area contributed by atoms with Crippen molar-refractivity contribution in [3.8, 4) is 0 Å². The maximum absolute atomic E-state index is 11.8. The molecule has 1 amide bonds. The van der Waals surface area contributed by atoms with Gasteiger partial charge in [0.15, 0.2) is 0 Å². The van der Waals surface area contributed by atoms with Crippen LogP contribution in [0.5, 0.6) is 0 Å². The SMILES string of the molecule is Cc1nnc(NC(=O)[C@H](C)n2cccn2)s1. The fourth-order valence-electron chi connectivity index (χ4n) is 1.19. The van der Waals surface area contributed by atoms with Crippen LogP contribution in [0, 0.1) is 6.92 Å². The summed E-state index contributed by atoms with van der Waals surface area (Å²) >= 11 is 1.35. The molecule has 0 unspecified atom stereocenters. The molecule has 0 saturated heterocycles.